The van der Waals surface area contributed by atoms with Crippen molar-refractivity contribution in [2.24, 2.45) is 11.8 Å². The van der Waals surface area contributed by atoms with Crippen molar-refractivity contribution in [2.75, 3.05) is 31.6 Å². The molecule has 4 unspecified atom stereocenters. The quantitative estimate of drug-likeness (QED) is 0.728. The number of piperidine rings is 1. The van der Waals surface area contributed by atoms with Crippen LogP contribution in [0.15, 0.2) is 54.6 Å². The van der Waals surface area contributed by atoms with Crippen molar-refractivity contribution in [1.29, 1.82) is 0 Å². The predicted octanol–water partition coefficient (Wildman–Crippen LogP) is 4.80. The lowest BCUT2D eigenvalue weighted by Crippen LogP contribution is -2.58. The molecule has 160 valence electrons. The van der Waals surface area contributed by atoms with E-state index in [4.69, 9.17) is 0 Å². The van der Waals surface area contributed by atoms with Crippen LogP contribution >= 0.6 is 0 Å². The van der Waals surface area contributed by atoms with E-state index in [-0.39, 0.29) is 0 Å². The molecule has 0 aliphatic carbocycles. The Morgan fingerprint density at radius 1 is 0.900 bits per heavy atom. The number of hydrogen-bond acceptors (Lipinski definition) is 3. The number of para-hydroxylation sites is 1. The normalized spacial score (nSPS) is 31.4. The van der Waals surface area contributed by atoms with Crippen LogP contribution in [0.3, 0.4) is 0 Å². The molecule has 5 rings (SSSR count). The van der Waals surface area contributed by atoms with Crippen LogP contribution in [-0.4, -0.2) is 54.1 Å². The minimum Gasteiger partial charge on any atom is -0.365 e. The van der Waals surface area contributed by atoms with Crippen molar-refractivity contribution < 1.29 is 0 Å². The van der Waals surface area contributed by atoms with Gasteiger partial charge in [-0.15, -0.1) is 0 Å². The second-order valence-corrected chi connectivity index (χ2v) is 10.1. The summed E-state index contributed by atoms with van der Waals surface area (Å²) in [6.45, 7) is 12.0. The summed E-state index contributed by atoms with van der Waals surface area (Å²) in [5.41, 5.74) is 4.65. The van der Waals surface area contributed by atoms with E-state index >= 15 is 0 Å². The number of hydrogen-bond donors (Lipinski definition) is 0. The van der Waals surface area contributed by atoms with Gasteiger partial charge in [0.25, 0.3) is 0 Å². The van der Waals surface area contributed by atoms with Gasteiger partial charge in [0.2, 0.25) is 0 Å². The van der Waals surface area contributed by atoms with Gasteiger partial charge in [0, 0.05) is 55.4 Å². The largest absolute Gasteiger partial charge is 0.365 e. The number of nitrogens with zero attached hydrogens (tertiary/aromatic N) is 3. The minimum atomic E-state index is 0.294. The summed E-state index contributed by atoms with van der Waals surface area (Å²) in [6, 6.07) is 21.4. The highest BCUT2D eigenvalue weighted by Gasteiger charge is 2.62. The maximum atomic E-state index is 2.86. The molecule has 0 radical (unpaired) electrons. The van der Waals surface area contributed by atoms with Crippen molar-refractivity contribution in [2.45, 2.75) is 57.8 Å². The van der Waals surface area contributed by atoms with E-state index in [2.05, 4.69) is 97.1 Å². The molecule has 2 aromatic carbocycles. The standard InChI is InChI=1S/C27H37N3/c1-20-10-8-9-13-25(20)30-19-24-21(2)29(18-23-11-6-5-7-12-23)22(3)26(24)27(30)14-16-28(4)17-15-27/h5-13,21-22,24,26H,14-19H2,1-4H3. The molecule has 3 heterocycles. The number of fused-ring (bicyclic) bond motifs is 2. The van der Waals surface area contributed by atoms with Gasteiger partial charge in [0.1, 0.15) is 0 Å². The van der Waals surface area contributed by atoms with Crippen molar-refractivity contribution >= 4 is 5.69 Å². The third-order valence-corrected chi connectivity index (χ3v) is 8.67. The third kappa shape index (κ3) is 3.09. The molecule has 0 bridgehead atoms. The first kappa shape index (κ1) is 20.1. The zero-order valence-electron chi connectivity index (χ0n) is 19.1. The van der Waals surface area contributed by atoms with Crippen molar-refractivity contribution in [3.8, 4) is 0 Å². The molecular weight excluding hydrogens is 366 g/mol. The van der Waals surface area contributed by atoms with Crippen LogP contribution in [0.2, 0.25) is 0 Å². The first-order chi connectivity index (χ1) is 14.5. The molecule has 3 heteroatoms. The minimum absolute atomic E-state index is 0.294. The van der Waals surface area contributed by atoms with Crippen LogP contribution in [0, 0.1) is 18.8 Å². The molecule has 0 aromatic heterocycles. The van der Waals surface area contributed by atoms with Crippen LogP contribution < -0.4 is 4.90 Å². The lowest BCUT2D eigenvalue weighted by atomic mass is 9.71. The summed E-state index contributed by atoms with van der Waals surface area (Å²) >= 11 is 0. The molecule has 3 fully saturated rings. The van der Waals surface area contributed by atoms with Crippen LogP contribution in [0.25, 0.3) is 0 Å². The smallest absolute Gasteiger partial charge is 0.0473 e. The lowest BCUT2D eigenvalue weighted by molar-refractivity contribution is 0.112. The van der Waals surface area contributed by atoms with Gasteiger partial charge in [-0.25, -0.2) is 0 Å². The van der Waals surface area contributed by atoms with Crippen LogP contribution in [0.4, 0.5) is 5.69 Å². The molecule has 0 amide bonds. The Labute approximate surface area is 182 Å². The molecule has 3 saturated heterocycles. The molecule has 4 atom stereocenters. The van der Waals surface area contributed by atoms with Crippen molar-refractivity contribution in [3.05, 3.63) is 65.7 Å². The Morgan fingerprint density at radius 3 is 2.27 bits per heavy atom. The maximum absolute atomic E-state index is 2.86. The number of benzene rings is 2. The van der Waals surface area contributed by atoms with Crippen LogP contribution in [-0.2, 0) is 6.54 Å². The van der Waals surface area contributed by atoms with Gasteiger partial charge < -0.3 is 9.80 Å². The maximum Gasteiger partial charge on any atom is 0.0473 e. The van der Waals surface area contributed by atoms with E-state index in [9.17, 15) is 0 Å². The lowest BCUT2D eigenvalue weighted by Gasteiger charge is -2.50. The average molecular weight is 404 g/mol. The fraction of sp³-hybridized carbons (Fsp3) is 0.556. The molecule has 30 heavy (non-hydrogen) atoms. The Bertz CT molecular complexity index is 871. The first-order valence-electron chi connectivity index (χ1n) is 11.8. The van der Waals surface area contributed by atoms with Gasteiger partial charge in [-0.3, -0.25) is 4.90 Å². The summed E-state index contributed by atoms with van der Waals surface area (Å²) in [6.07, 6.45) is 2.57. The molecule has 0 N–H and O–H groups in total. The summed E-state index contributed by atoms with van der Waals surface area (Å²) in [5, 5.41) is 0. The van der Waals surface area contributed by atoms with E-state index in [1.54, 1.807) is 0 Å². The molecule has 2 aromatic rings. The molecule has 3 aliphatic rings. The zero-order chi connectivity index (χ0) is 20.9. The van der Waals surface area contributed by atoms with E-state index < -0.39 is 0 Å². The highest BCUT2D eigenvalue weighted by molar-refractivity contribution is 5.57. The molecule has 0 saturated carbocycles. The van der Waals surface area contributed by atoms with Crippen molar-refractivity contribution in [3.63, 3.8) is 0 Å². The Kier molecular flexibility index (Phi) is 5.15. The van der Waals surface area contributed by atoms with E-state index in [1.165, 1.54) is 49.3 Å². The van der Waals surface area contributed by atoms with E-state index in [0.717, 1.165) is 18.4 Å². The first-order valence-corrected chi connectivity index (χ1v) is 11.8. The Morgan fingerprint density at radius 2 is 1.57 bits per heavy atom. The van der Waals surface area contributed by atoms with Gasteiger partial charge >= 0.3 is 0 Å². The Hall–Kier alpha value is -1.84. The molecular formula is C27H37N3. The second kappa shape index (κ2) is 7.69. The monoisotopic (exact) mass is 403 g/mol. The molecule has 1 spiro atoms. The number of rotatable bonds is 3. The topological polar surface area (TPSA) is 9.72 Å². The van der Waals surface area contributed by atoms with E-state index in [0.29, 0.717) is 17.6 Å². The number of likely N-dealkylation sites (tertiary alicyclic amines) is 2. The Balaban J connectivity index is 1.50. The predicted molar refractivity (Wildman–Crippen MR) is 126 cm³/mol. The van der Waals surface area contributed by atoms with Crippen LogP contribution in [0.5, 0.6) is 0 Å². The summed E-state index contributed by atoms with van der Waals surface area (Å²) in [4.78, 5) is 8.19. The fourth-order valence-corrected chi connectivity index (χ4v) is 7.06. The molecule has 3 nitrogen and oxygen atoms in total. The van der Waals surface area contributed by atoms with Gasteiger partial charge in [-0.2, -0.15) is 0 Å². The number of aryl methyl sites for hydroxylation is 1. The van der Waals surface area contributed by atoms with E-state index in [1.807, 2.05) is 0 Å². The fourth-order valence-electron chi connectivity index (χ4n) is 7.06. The summed E-state index contributed by atoms with van der Waals surface area (Å²) in [7, 11) is 2.29. The number of anilines is 1. The van der Waals surface area contributed by atoms with Crippen LogP contribution in [0.1, 0.15) is 37.8 Å². The van der Waals surface area contributed by atoms with Gasteiger partial charge in [-0.05, 0) is 63.8 Å². The van der Waals surface area contributed by atoms with Gasteiger partial charge in [0.15, 0.2) is 0 Å². The second-order valence-electron chi connectivity index (χ2n) is 10.1. The SMILES string of the molecule is Cc1ccccc1N1CC2C(C)N(Cc3ccccc3)C(C)C2C12CCN(C)CC2. The highest BCUT2D eigenvalue weighted by Crippen LogP contribution is 2.55. The summed E-state index contributed by atoms with van der Waals surface area (Å²) < 4.78 is 0. The highest BCUT2D eigenvalue weighted by atomic mass is 15.3. The third-order valence-electron chi connectivity index (χ3n) is 8.67. The van der Waals surface area contributed by atoms with Crippen molar-refractivity contribution in [1.82, 2.24) is 9.80 Å². The zero-order valence-corrected chi connectivity index (χ0v) is 19.1. The average Bonchev–Trinajstić information content (AvgIpc) is 3.20. The molecule has 3 aliphatic heterocycles. The summed E-state index contributed by atoms with van der Waals surface area (Å²) in [5.74, 6) is 1.48. The van der Waals surface area contributed by atoms with Gasteiger partial charge in [-0.1, -0.05) is 48.5 Å². The van der Waals surface area contributed by atoms with Gasteiger partial charge in [0.05, 0.1) is 0 Å².